The normalized spacial score (nSPS) is 24.2. The van der Waals surface area contributed by atoms with E-state index in [1.165, 1.54) is 12.1 Å². The van der Waals surface area contributed by atoms with Gasteiger partial charge in [-0.15, -0.1) is 0 Å². The molecule has 4 rings (SSSR count). The lowest BCUT2D eigenvalue weighted by Gasteiger charge is -2.37. The molecule has 1 aliphatic heterocycles. The van der Waals surface area contributed by atoms with Crippen molar-refractivity contribution in [1.82, 2.24) is 9.97 Å². The molecule has 1 fully saturated rings. The first-order valence-electron chi connectivity index (χ1n) is 9.36. The van der Waals surface area contributed by atoms with Crippen molar-refractivity contribution in [2.75, 3.05) is 22.6 Å². The van der Waals surface area contributed by atoms with Crippen LogP contribution in [0.4, 0.5) is 21.8 Å². The van der Waals surface area contributed by atoms with Crippen molar-refractivity contribution >= 4 is 23.4 Å². The molecule has 1 amide bonds. The first-order chi connectivity index (χ1) is 13.8. The van der Waals surface area contributed by atoms with Gasteiger partial charge in [-0.1, -0.05) is 0 Å². The molecule has 5 N–H and O–H groups in total. The summed E-state index contributed by atoms with van der Waals surface area (Å²) in [6.45, 7) is 1.78. The molecule has 29 heavy (non-hydrogen) atoms. The van der Waals surface area contributed by atoms with Gasteiger partial charge in [0.05, 0.1) is 5.69 Å². The van der Waals surface area contributed by atoms with E-state index in [9.17, 15) is 14.3 Å². The Hall–Kier alpha value is -2.98. The van der Waals surface area contributed by atoms with E-state index in [1.54, 1.807) is 31.0 Å². The number of benzene rings is 1. The fourth-order valence-corrected chi connectivity index (χ4v) is 3.58. The maximum absolute atomic E-state index is 13.0. The molecule has 0 unspecified atom stereocenters. The van der Waals surface area contributed by atoms with E-state index in [1.807, 2.05) is 0 Å². The summed E-state index contributed by atoms with van der Waals surface area (Å²) in [5.41, 5.74) is 6.66. The van der Waals surface area contributed by atoms with Crippen LogP contribution in [0.5, 0.6) is 5.75 Å². The third-order valence-corrected chi connectivity index (χ3v) is 5.21. The molecule has 1 aromatic carbocycles. The highest BCUT2D eigenvalue weighted by Gasteiger charge is 2.37. The topological polar surface area (TPSA) is 126 Å². The molecular weight excluding hydrogens is 379 g/mol. The lowest BCUT2D eigenvalue weighted by Crippen LogP contribution is -2.56. The zero-order valence-electron chi connectivity index (χ0n) is 16.1. The predicted molar refractivity (Wildman–Crippen MR) is 105 cm³/mol. The average Bonchev–Trinajstić information content (AvgIpc) is 2.62. The smallest absolute Gasteiger partial charge is 0.251 e. The summed E-state index contributed by atoms with van der Waals surface area (Å²) >= 11 is 0. The number of anilines is 3. The van der Waals surface area contributed by atoms with Crippen LogP contribution in [-0.2, 0) is 4.79 Å². The second-order valence-electron chi connectivity index (χ2n) is 7.37. The van der Waals surface area contributed by atoms with Crippen LogP contribution >= 0.6 is 0 Å². The minimum absolute atomic E-state index is 0.0374. The van der Waals surface area contributed by atoms with E-state index < -0.39 is 18.2 Å². The van der Waals surface area contributed by atoms with Crippen LogP contribution in [0.2, 0.25) is 0 Å². The Balaban J connectivity index is 1.41. The van der Waals surface area contributed by atoms with E-state index in [0.717, 1.165) is 12.8 Å². The van der Waals surface area contributed by atoms with Gasteiger partial charge < -0.3 is 31.1 Å². The number of amides is 1. The van der Waals surface area contributed by atoms with Crippen LogP contribution in [0.3, 0.4) is 0 Å². The molecule has 1 aliphatic carbocycles. The zero-order valence-corrected chi connectivity index (χ0v) is 16.1. The third-order valence-electron chi connectivity index (χ3n) is 5.21. The minimum Gasteiger partial charge on any atom is -0.490 e. The summed E-state index contributed by atoms with van der Waals surface area (Å²) in [5, 5.41) is 15.7. The van der Waals surface area contributed by atoms with Gasteiger partial charge in [0.1, 0.15) is 35.6 Å². The first-order valence-corrected chi connectivity index (χ1v) is 9.36. The lowest BCUT2D eigenvalue weighted by molar-refractivity contribution is -0.119. The van der Waals surface area contributed by atoms with Gasteiger partial charge in [-0.05, 0) is 31.2 Å². The largest absolute Gasteiger partial charge is 0.490 e. The highest BCUT2D eigenvalue weighted by molar-refractivity contribution is 6.03. The summed E-state index contributed by atoms with van der Waals surface area (Å²) in [4.78, 5) is 22.7. The molecule has 2 heterocycles. The van der Waals surface area contributed by atoms with Gasteiger partial charge in [-0.3, -0.25) is 4.79 Å². The van der Waals surface area contributed by atoms with Crippen molar-refractivity contribution in [3.05, 3.63) is 35.8 Å². The summed E-state index contributed by atoms with van der Waals surface area (Å²) < 4.78 is 18.8. The maximum Gasteiger partial charge on any atom is 0.251 e. The van der Waals surface area contributed by atoms with Crippen LogP contribution in [0.15, 0.2) is 24.3 Å². The SMILES string of the molecule is Cc1nc(N[C@H]2C[C@H](Oc3ccc(F)cc3)C2)nc2c1NC(=O)[C@H]([C@@H](N)O)N2C. The molecule has 0 saturated heterocycles. The molecule has 0 spiro atoms. The second kappa shape index (κ2) is 7.45. The zero-order chi connectivity index (χ0) is 20.7. The van der Waals surface area contributed by atoms with Crippen LogP contribution in [-0.4, -0.2) is 52.4 Å². The number of nitrogens with zero attached hydrogens (tertiary/aromatic N) is 3. The van der Waals surface area contributed by atoms with Crippen LogP contribution in [0.25, 0.3) is 0 Å². The van der Waals surface area contributed by atoms with Crippen molar-refractivity contribution in [2.24, 2.45) is 5.73 Å². The van der Waals surface area contributed by atoms with Crippen LogP contribution in [0.1, 0.15) is 18.5 Å². The molecule has 2 aromatic rings. The average molecular weight is 402 g/mol. The number of likely N-dealkylation sites (N-methyl/N-ethyl adjacent to an activating group) is 1. The molecule has 9 nitrogen and oxygen atoms in total. The second-order valence-corrected chi connectivity index (χ2v) is 7.37. The molecule has 0 bridgehead atoms. The van der Waals surface area contributed by atoms with Gasteiger partial charge in [0, 0.05) is 25.9 Å². The standard InChI is InChI=1S/C19H23FN6O3/c1-9-14-17(26(2)15(16(21)27)18(28)24-14)25-19(22-9)23-11-7-13(8-11)29-12-5-3-10(20)4-6-12/h3-6,11,13,15-16,27H,7-8,21H2,1-2H3,(H,24,28)(H,22,23,25)/t11-,13-,15-,16-/m0/s1. The number of carbonyl (C=O) groups excluding carboxylic acids is 1. The predicted octanol–water partition coefficient (Wildman–Crippen LogP) is 0.980. The van der Waals surface area contributed by atoms with Gasteiger partial charge in [-0.25, -0.2) is 9.37 Å². The molecule has 154 valence electrons. The Morgan fingerprint density at radius 3 is 2.69 bits per heavy atom. The Labute approximate surface area is 167 Å². The number of rotatable bonds is 5. The number of ether oxygens (including phenoxy) is 1. The molecule has 2 aliphatic rings. The van der Waals surface area contributed by atoms with Crippen molar-refractivity contribution in [1.29, 1.82) is 0 Å². The van der Waals surface area contributed by atoms with Crippen molar-refractivity contribution in [2.45, 2.75) is 44.2 Å². The van der Waals surface area contributed by atoms with Crippen molar-refractivity contribution in [3.63, 3.8) is 0 Å². The van der Waals surface area contributed by atoms with Crippen LogP contribution < -0.4 is 26.0 Å². The van der Waals surface area contributed by atoms with Crippen LogP contribution in [0, 0.1) is 12.7 Å². The van der Waals surface area contributed by atoms with E-state index in [-0.39, 0.29) is 18.0 Å². The highest BCUT2D eigenvalue weighted by Crippen LogP contribution is 2.34. The monoisotopic (exact) mass is 402 g/mol. The summed E-state index contributed by atoms with van der Waals surface area (Å²) in [6, 6.07) is 5.17. The molecule has 0 radical (unpaired) electrons. The highest BCUT2D eigenvalue weighted by atomic mass is 19.1. The van der Waals surface area contributed by atoms with Crippen molar-refractivity contribution in [3.8, 4) is 5.75 Å². The Kier molecular flexibility index (Phi) is 4.97. The number of nitrogens with one attached hydrogen (secondary N) is 2. The number of nitrogens with two attached hydrogens (primary N) is 1. The number of aliphatic hydroxyl groups excluding tert-OH is 1. The molecular formula is C19H23FN6O3. The van der Waals surface area contributed by atoms with Gasteiger partial charge in [-0.2, -0.15) is 4.98 Å². The number of hydrogen-bond acceptors (Lipinski definition) is 8. The number of carbonyl (C=O) groups is 1. The van der Waals surface area contributed by atoms with Crippen molar-refractivity contribution < 1.29 is 19.0 Å². The summed E-state index contributed by atoms with van der Waals surface area (Å²) in [6.07, 6.45) is 0.215. The summed E-state index contributed by atoms with van der Waals surface area (Å²) in [5.74, 6) is 0.866. The number of aliphatic hydroxyl groups is 1. The number of aryl methyl sites for hydroxylation is 1. The molecule has 2 atom stereocenters. The Bertz CT molecular complexity index is 917. The van der Waals surface area contributed by atoms with Gasteiger partial charge in [0.25, 0.3) is 5.91 Å². The van der Waals surface area contributed by atoms with Gasteiger partial charge in [0.2, 0.25) is 5.95 Å². The number of hydrogen-bond donors (Lipinski definition) is 4. The van der Waals surface area contributed by atoms with Gasteiger partial charge in [0.15, 0.2) is 5.82 Å². The van der Waals surface area contributed by atoms with Gasteiger partial charge >= 0.3 is 0 Å². The van der Waals surface area contributed by atoms with E-state index in [2.05, 4.69) is 20.6 Å². The van der Waals surface area contributed by atoms with E-state index in [0.29, 0.717) is 28.9 Å². The number of aromatic nitrogens is 2. The fourth-order valence-electron chi connectivity index (χ4n) is 3.58. The number of fused-ring (bicyclic) bond motifs is 1. The fraction of sp³-hybridized carbons (Fsp3) is 0.421. The Morgan fingerprint density at radius 1 is 1.34 bits per heavy atom. The molecule has 1 saturated carbocycles. The quantitative estimate of drug-likeness (QED) is 0.546. The molecule has 10 heteroatoms. The minimum atomic E-state index is -1.34. The Morgan fingerprint density at radius 2 is 2.03 bits per heavy atom. The third kappa shape index (κ3) is 3.81. The maximum atomic E-state index is 13.0. The lowest BCUT2D eigenvalue weighted by atomic mass is 9.89. The molecule has 1 aromatic heterocycles. The van der Waals surface area contributed by atoms with E-state index >= 15 is 0 Å². The van der Waals surface area contributed by atoms with E-state index in [4.69, 9.17) is 10.5 Å². The number of halogens is 1. The summed E-state index contributed by atoms with van der Waals surface area (Å²) in [7, 11) is 1.66. The first kappa shape index (κ1) is 19.3.